The van der Waals surface area contributed by atoms with Crippen molar-refractivity contribution in [2.45, 2.75) is 37.7 Å². The number of rotatable bonds is 7. The monoisotopic (exact) mass is 495 g/mol. The first-order valence-corrected chi connectivity index (χ1v) is 12.6. The van der Waals surface area contributed by atoms with Gasteiger partial charge < -0.3 is 14.0 Å². The van der Waals surface area contributed by atoms with E-state index < -0.39 is 0 Å². The minimum Gasteiger partial charge on any atom is -0.464 e. The van der Waals surface area contributed by atoms with Crippen molar-refractivity contribution in [3.05, 3.63) is 70.0 Å². The van der Waals surface area contributed by atoms with Gasteiger partial charge in [0.2, 0.25) is 0 Å². The molecule has 4 heterocycles. The lowest BCUT2D eigenvalue weighted by Gasteiger charge is -2.15. The number of furan rings is 1. The molecule has 7 nitrogen and oxygen atoms in total. The van der Waals surface area contributed by atoms with Crippen molar-refractivity contribution in [3.8, 4) is 22.7 Å². The minimum absolute atomic E-state index is 0.212. The van der Waals surface area contributed by atoms with Crippen LogP contribution in [0.1, 0.15) is 31.8 Å². The quantitative estimate of drug-likeness (QED) is 0.272. The first kappa shape index (κ1) is 22.5. The number of nitrogens with one attached hydrogen (secondary N) is 1. The van der Waals surface area contributed by atoms with Crippen LogP contribution in [0.15, 0.2) is 62.4 Å². The molecule has 0 aliphatic rings. The molecule has 0 saturated heterocycles. The van der Waals surface area contributed by atoms with Crippen molar-refractivity contribution in [1.29, 1.82) is 0 Å². The van der Waals surface area contributed by atoms with Gasteiger partial charge in [-0.05, 0) is 37.1 Å². The van der Waals surface area contributed by atoms with Crippen LogP contribution >= 0.6 is 23.1 Å². The van der Waals surface area contributed by atoms with E-state index >= 15 is 0 Å². The Labute approximate surface area is 203 Å². The molecule has 0 bridgehead atoms. The fourth-order valence-electron chi connectivity index (χ4n) is 3.73. The molecule has 5 aromatic rings. The molecule has 0 aliphatic carbocycles. The molecule has 1 aromatic carbocycles. The van der Waals surface area contributed by atoms with Gasteiger partial charge in [0.05, 0.1) is 22.5 Å². The van der Waals surface area contributed by atoms with E-state index in [0.29, 0.717) is 50.8 Å². The molecule has 174 valence electrons. The van der Waals surface area contributed by atoms with Crippen LogP contribution in [0.3, 0.4) is 0 Å². The summed E-state index contributed by atoms with van der Waals surface area (Å²) in [6.07, 6.45) is 1.58. The highest BCUT2D eigenvalue weighted by Gasteiger charge is 2.22. The Morgan fingerprint density at radius 3 is 2.71 bits per heavy atom. The van der Waals surface area contributed by atoms with Gasteiger partial charge in [-0.1, -0.05) is 37.7 Å². The van der Waals surface area contributed by atoms with Crippen LogP contribution in [0, 0.1) is 11.7 Å². The number of halogens is 1. The van der Waals surface area contributed by atoms with Crippen molar-refractivity contribution in [2.75, 3.05) is 0 Å². The maximum absolute atomic E-state index is 14.5. The lowest BCUT2D eigenvalue weighted by atomic mass is 10.2. The molecule has 1 unspecified atom stereocenters. The van der Waals surface area contributed by atoms with Crippen LogP contribution in [0.2, 0.25) is 0 Å². The zero-order valence-corrected chi connectivity index (χ0v) is 20.4. The molecule has 34 heavy (non-hydrogen) atoms. The van der Waals surface area contributed by atoms with Crippen molar-refractivity contribution < 1.29 is 8.81 Å². The van der Waals surface area contributed by atoms with Gasteiger partial charge in [0, 0.05) is 17.5 Å². The highest BCUT2D eigenvalue weighted by molar-refractivity contribution is 7.99. The number of H-pyrrole nitrogens is 1. The van der Waals surface area contributed by atoms with Crippen molar-refractivity contribution in [2.24, 2.45) is 5.92 Å². The van der Waals surface area contributed by atoms with Crippen LogP contribution < -0.4 is 5.56 Å². The molecular formula is C24H22FN5O2S2. The van der Waals surface area contributed by atoms with Gasteiger partial charge in [-0.3, -0.25) is 4.79 Å². The summed E-state index contributed by atoms with van der Waals surface area (Å²) in [6.45, 7) is 6.76. The van der Waals surface area contributed by atoms with Crippen LogP contribution in [0.25, 0.3) is 32.9 Å². The predicted octanol–water partition coefficient (Wildman–Crippen LogP) is 6.15. The van der Waals surface area contributed by atoms with Gasteiger partial charge >= 0.3 is 0 Å². The molecule has 0 fully saturated rings. The Morgan fingerprint density at radius 2 is 1.97 bits per heavy atom. The summed E-state index contributed by atoms with van der Waals surface area (Å²) in [5.74, 6) is 1.63. The zero-order chi connectivity index (χ0) is 23.8. The van der Waals surface area contributed by atoms with Crippen LogP contribution in [-0.4, -0.2) is 24.7 Å². The Morgan fingerprint density at radius 1 is 1.15 bits per heavy atom. The molecule has 0 amide bonds. The fraction of sp³-hybridized carbons (Fsp3) is 0.250. The number of benzene rings is 1. The third kappa shape index (κ3) is 4.19. The van der Waals surface area contributed by atoms with E-state index in [0.717, 1.165) is 5.56 Å². The summed E-state index contributed by atoms with van der Waals surface area (Å²) in [4.78, 5) is 21.2. The third-order valence-electron chi connectivity index (χ3n) is 5.30. The third-order valence-corrected chi connectivity index (χ3v) is 7.26. The van der Waals surface area contributed by atoms with E-state index in [1.54, 1.807) is 30.5 Å². The summed E-state index contributed by atoms with van der Waals surface area (Å²) in [7, 11) is 0. The molecule has 0 spiro atoms. The van der Waals surface area contributed by atoms with E-state index in [1.165, 1.54) is 29.2 Å². The summed E-state index contributed by atoms with van der Waals surface area (Å²) in [6, 6.07) is 10.2. The van der Waals surface area contributed by atoms with Crippen LogP contribution in [-0.2, 0) is 6.54 Å². The lowest BCUT2D eigenvalue weighted by Crippen LogP contribution is -2.13. The molecule has 0 aliphatic heterocycles. The van der Waals surface area contributed by atoms with Crippen molar-refractivity contribution in [1.82, 2.24) is 24.7 Å². The Bertz CT molecular complexity index is 1500. The lowest BCUT2D eigenvalue weighted by molar-refractivity contribution is 0.496. The van der Waals surface area contributed by atoms with Crippen molar-refractivity contribution in [3.63, 3.8) is 0 Å². The number of aromatic amines is 1. The molecule has 1 N–H and O–H groups in total. The largest absolute Gasteiger partial charge is 0.464 e. The Hall–Kier alpha value is -3.24. The van der Waals surface area contributed by atoms with Gasteiger partial charge in [-0.15, -0.1) is 21.5 Å². The highest BCUT2D eigenvalue weighted by atomic mass is 32.2. The SMILES string of the molecule is CC(C)Cn1c(SC(C)c2nc3scc(-c4ccco4)c3c(=O)[nH]2)nnc1-c1ccccc1F. The maximum Gasteiger partial charge on any atom is 0.260 e. The average molecular weight is 496 g/mol. The van der Waals surface area contributed by atoms with E-state index in [1.807, 2.05) is 22.9 Å². The van der Waals surface area contributed by atoms with Gasteiger partial charge in [-0.25, -0.2) is 9.37 Å². The van der Waals surface area contributed by atoms with Gasteiger partial charge in [-0.2, -0.15) is 0 Å². The van der Waals surface area contributed by atoms with Gasteiger partial charge in [0.25, 0.3) is 5.56 Å². The highest BCUT2D eigenvalue weighted by Crippen LogP contribution is 2.36. The number of nitrogens with zero attached hydrogens (tertiary/aromatic N) is 4. The Balaban J connectivity index is 1.49. The van der Waals surface area contributed by atoms with Crippen LogP contribution in [0.5, 0.6) is 0 Å². The Kier molecular flexibility index (Phi) is 6.09. The smallest absolute Gasteiger partial charge is 0.260 e. The summed E-state index contributed by atoms with van der Waals surface area (Å²) in [5.41, 5.74) is 0.930. The minimum atomic E-state index is -0.342. The number of thioether (sulfide) groups is 1. The summed E-state index contributed by atoms with van der Waals surface area (Å²) in [5, 5.41) is 11.5. The number of fused-ring (bicyclic) bond motifs is 1. The first-order valence-electron chi connectivity index (χ1n) is 10.8. The molecule has 4 aromatic heterocycles. The second kappa shape index (κ2) is 9.19. The molecule has 5 rings (SSSR count). The number of hydrogen-bond acceptors (Lipinski definition) is 7. The number of hydrogen-bond donors (Lipinski definition) is 1. The van der Waals surface area contributed by atoms with E-state index in [-0.39, 0.29) is 16.6 Å². The molecule has 10 heteroatoms. The van der Waals surface area contributed by atoms with Gasteiger partial charge in [0.1, 0.15) is 22.2 Å². The zero-order valence-electron chi connectivity index (χ0n) is 18.8. The fourth-order valence-corrected chi connectivity index (χ4v) is 5.58. The topological polar surface area (TPSA) is 89.6 Å². The predicted molar refractivity (Wildman–Crippen MR) is 132 cm³/mol. The number of thiophene rings is 1. The number of aromatic nitrogens is 5. The normalized spacial score (nSPS) is 12.6. The summed E-state index contributed by atoms with van der Waals surface area (Å²) < 4.78 is 21.9. The molecular weight excluding hydrogens is 473 g/mol. The first-order chi connectivity index (χ1) is 16.4. The average Bonchev–Trinajstić information content (AvgIpc) is 3.54. The van der Waals surface area contributed by atoms with E-state index in [9.17, 15) is 9.18 Å². The van der Waals surface area contributed by atoms with Crippen LogP contribution in [0.4, 0.5) is 4.39 Å². The van der Waals surface area contributed by atoms with E-state index in [4.69, 9.17) is 9.40 Å². The van der Waals surface area contributed by atoms with E-state index in [2.05, 4.69) is 29.0 Å². The molecule has 1 atom stereocenters. The molecule has 0 saturated carbocycles. The second-order valence-electron chi connectivity index (χ2n) is 8.31. The van der Waals surface area contributed by atoms with Crippen molar-refractivity contribution >= 4 is 33.3 Å². The maximum atomic E-state index is 14.5. The molecule has 0 radical (unpaired) electrons. The summed E-state index contributed by atoms with van der Waals surface area (Å²) >= 11 is 2.83. The van der Waals surface area contributed by atoms with Gasteiger partial charge in [0.15, 0.2) is 11.0 Å². The second-order valence-corrected chi connectivity index (χ2v) is 10.5. The standard InChI is InChI=1S/C24H22FN5O2S2/c1-13(2)11-30-21(15-7-4-5-8-17(15)25)28-29-24(30)34-14(3)20-26-22(31)19-16(12-33-23(19)27-20)18-9-6-10-32-18/h4-10,12-14H,11H2,1-3H3,(H,26,27,31).